The molecule has 2 heterocycles. The van der Waals surface area contributed by atoms with E-state index in [1.165, 1.54) is 19.8 Å². The van der Waals surface area contributed by atoms with Crippen molar-refractivity contribution in [2.45, 2.75) is 20.3 Å². The fraction of sp³-hybridized carbons (Fsp3) is 0.208. The second-order valence-electron chi connectivity index (χ2n) is 7.05. The zero-order chi connectivity index (χ0) is 21.3. The van der Waals surface area contributed by atoms with Gasteiger partial charge in [0.2, 0.25) is 5.75 Å². The summed E-state index contributed by atoms with van der Waals surface area (Å²) in [5.41, 5.74) is 5.79. The van der Waals surface area contributed by atoms with Crippen LogP contribution in [0.1, 0.15) is 18.1 Å². The molecule has 0 saturated heterocycles. The number of benzene rings is 2. The van der Waals surface area contributed by atoms with Crippen LogP contribution in [-0.2, 0) is 6.42 Å². The molecule has 4 aromatic rings. The first kappa shape index (κ1) is 19.6. The summed E-state index contributed by atoms with van der Waals surface area (Å²) in [6.45, 7) is 4.24. The van der Waals surface area contributed by atoms with Crippen molar-refractivity contribution >= 4 is 17.2 Å². The lowest BCUT2D eigenvalue weighted by molar-refractivity contribution is 0.340. The molecule has 6 heteroatoms. The lowest BCUT2D eigenvalue weighted by Gasteiger charge is -2.16. The van der Waals surface area contributed by atoms with Gasteiger partial charge in [0.15, 0.2) is 11.5 Å². The summed E-state index contributed by atoms with van der Waals surface area (Å²) in [4.78, 5) is 4.85. The number of aryl methyl sites for hydroxylation is 2. The summed E-state index contributed by atoms with van der Waals surface area (Å²) in [7, 11) is 3.03. The largest absolute Gasteiger partial charge is 0.502 e. The van der Waals surface area contributed by atoms with Crippen LogP contribution in [0.15, 0.2) is 54.7 Å². The number of aromatic nitrogens is 2. The van der Waals surface area contributed by atoms with Crippen molar-refractivity contribution in [3.8, 4) is 28.5 Å². The summed E-state index contributed by atoms with van der Waals surface area (Å²) >= 11 is 0. The number of nitrogens with one attached hydrogen (secondary N) is 1. The SMILES string of the molecule is CCc1cccc(C)c1Nc1c(-c2cc(OC)c(O)c(OC)c2)nc2ccccn12. The number of rotatable bonds is 6. The standard InChI is InChI=1S/C24H25N3O3/c1-5-16-10-8-9-15(2)21(16)26-24-22(25-20-11-6-7-12-27(20)24)17-13-18(29-3)23(28)19(14-17)30-4/h6-14,26,28H,5H2,1-4H3. The van der Waals surface area contributed by atoms with Crippen molar-refractivity contribution in [3.63, 3.8) is 0 Å². The Bertz CT molecular complexity index is 1190. The minimum absolute atomic E-state index is 0.0332. The first-order valence-electron chi connectivity index (χ1n) is 9.85. The van der Waals surface area contributed by atoms with E-state index in [4.69, 9.17) is 14.5 Å². The van der Waals surface area contributed by atoms with E-state index in [9.17, 15) is 5.11 Å². The molecule has 2 aromatic heterocycles. The third-order valence-electron chi connectivity index (χ3n) is 5.27. The molecule has 6 nitrogen and oxygen atoms in total. The van der Waals surface area contributed by atoms with Crippen molar-refractivity contribution in [1.82, 2.24) is 9.38 Å². The summed E-state index contributed by atoms with van der Waals surface area (Å²) in [6.07, 6.45) is 2.89. The number of ether oxygens (including phenoxy) is 2. The molecule has 0 aliphatic heterocycles. The highest BCUT2D eigenvalue weighted by atomic mass is 16.5. The molecule has 0 spiro atoms. The molecule has 4 rings (SSSR count). The Morgan fingerprint density at radius 1 is 1.03 bits per heavy atom. The molecular formula is C24H25N3O3. The van der Waals surface area contributed by atoms with Gasteiger partial charge in [-0.15, -0.1) is 0 Å². The molecular weight excluding hydrogens is 378 g/mol. The number of phenolic OH excluding ortho intramolecular Hbond substituents is 1. The number of nitrogens with zero attached hydrogens (tertiary/aromatic N) is 2. The molecule has 0 bridgehead atoms. The quantitative estimate of drug-likeness (QED) is 0.455. The highest BCUT2D eigenvalue weighted by Gasteiger charge is 2.20. The molecule has 0 unspecified atom stereocenters. The second kappa shape index (κ2) is 7.99. The summed E-state index contributed by atoms with van der Waals surface area (Å²) < 4.78 is 12.7. The number of imidazole rings is 1. The van der Waals surface area contributed by atoms with Gasteiger partial charge in [0.05, 0.1) is 14.2 Å². The van der Waals surface area contributed by atoms with Gasteiger partial charge in [0.25, 0.3) is 0 Å². The molecule has 0 aliphatic carbocycles. The van der Waals surface area contributed by atoms with Gasteiger partial charge in [0, 0.05) is 17.4 Å². The molecule has 2 N–H and O–H groups in total. The van der Waals surface area contributed by atoms with Crippen LogP contribution in [0.25, 0.3) is 16.9 Å². The number of anilines is 2. The van der Waals surface area contributed by atoms with Crippen LogP contribution >= 0.6 is 0 Å². The van der Waals surface area contributed by atoms with E-state index in [1.807, 2.05) is 28.8 Å². The third kappa shape index (κ3) is 3.30. The van der Waals surface area contributed by atoms with E-state index in [2.05, 4.69) is 37.4 Å². The Balaban J connectivity index is 1.95. The van der Waals surface area contributed by atoms with Crippen molar-refractivity contribution < 1.29 is 14.6 Å². The van der Waals surface area contributed by atoms with Gasteiger partial charge >= 0.3 is 0 Å². The summed E-state index contributed by atoms with van der Waals surface area (Å²) in [5.74, 6) is 1.47. The zero-order valence-electron chi connectivity index (χ0n) is 17.6. The van der Waals surface area contributed by atoms with Crippen molar-refractivity contribution in [1.29, 1.82) is 0 Å². The predicted octanol–water partition coefficient (Wildman–Crippen LogP) is 5.34. The molecule has 2 aromatic carbocycles. The van der Waals surface area contributed by atoms with Crippen LogP contribution in [-0.4, -0.2) is 28.7 Å². The normalized spacial score (nSPS) is 10.9. The van der Waals surface area contributed by atoms with Crippen LogP contribution in [0.4, 0.5) is 11.5 Å². The number of fused-ring (bicyclic) bond motifs is 1. The third-order valence-corrected chi connectivity index (χ3v) is 5.27. The number of methoxy groups -OCH3 is 2. The van der Waals surface area contributed by atoms with Gasteiger partial charge < -0.3 is 19.9 Å². The fourth-order valence-electron chi connectivity index (χ4n) is 3.67. The Hall–Kier alpha value is -3.67. The maximum absolute atomic E-state index is 10.3. The van der Waals surface area contributed by atoms with Crippen LogP contribution in [0, 0.1) is 6.92 Å². The van der Waals surface area contributed by atoms with E-state index in [1.54, 1.807) is 12.1 Å². The Morgan fingerprint density at radius 3 is 2.43 bits per heavy atom. The van der Waals surface area contributed by atoms with E-state index in [0.29, 0.717) is 11.5 Å². The second-order valence-corrected chi connectivity index (χ2v) is 7.05. The van der Waals surface area contributed by atoms with Crippen LogP contribution in [0.3, 0.4) is 0 Å². The van der Waals surface area contributed by atoms with Crippen molar-refractivity contribution in [3.05, 3.63) is 65.9 Å². The van der Waals surface area contributed by atoms with Gasteiger partial charge in [-0.1, -0.05) is 31.2 Å². The Labute approximate surface area is 175 Å². The maximum atomic E-state index is 10.3. The van der Waals surface area contributed by atoms with Gasteiger partial charge in [-0.05, 0) is 48.7 Å². The molecule has 0 saturated carbocycles. The number of phenols is 1. The first-order valence-corrected chi connectivity index (χ1v) is 9.85. The minimum Gasteiger partial charge on any atom is -0.502 e. The van der Waals surface area contributed by atoms with E-state index in [0.717, 1.165) is 40.4 Å². The molecule has 0 amide bonds. The van der Waals surface area contributed by atoms with Gasteiger partial charge in [-0.2, -0.15) is 0 Å². The Morgan fingerprint density at radius 2 is 1.77 bits per heavy atom. The number of hydrogen-bond donors (Lipinski definition) is 2. The van der Waals surface area contributed by atoms with Crippen molar-refractivity contribution in [2.75, 3.05) is 19.5 Å². The average Bonchev–Trinajstić information content (AvgIpc) is 3.13. The number of pyridine rings is 1. The Kier molecular flexibility index (Phi) is 5.23. The number of para-hydroxylation sites is 1. The molecule has 30 heavy (non-hydrogen) atoms. The van der Waals surface area contributed by atoms with Gasteiger partial charge in [-0.25, -0.2) is 4.98 Å². The molecule has 0 aliphatic rings. The zero-order valence-corrected chi connectivity index (χ0v) is 17.6. The molecule has 0 fully saturated rings. The number of hydrogen-bond acceptors (Lipinski definition) is 5. The first-order chi connectivity index (χ1) is 14.6. The smallest absolute Gasteiger partial charge is 0.200 e. The molecule has 154 valence electrons. The summed E-state index contributed by atoms with van der Waals surface area (Å²) in [5, 5.41) is 13.9. The van der Waals surface area contributed by atoms with Crippen LogP contribution in [0.5, 0.6) is 17.2 Å². The molecule has 0 atom stereocenters. The van der Waals surface area contributed by atoms with Gasteiger partial charge in [0.1, 0.15) is 17.2 Å². The predicted molar refractivity (Wildman–Crippen MR) is 119 cm³/mol. The van der Waals surface area contributed by atoms with E-state index in [-0.39, 0.29) is 5.75 Å². The van der Waals surface area contributed by atoms with E-state index >= 15 is 0 Å². The minimum atomic E-state index is -0.0332. The van der Waals surface area contributed by atoms with E-state index < -0.39 is 0 Å². The average molecular weight is 403 g/mol. The monoisotopic (exact) mass is 403 g/mol. The van der Waals surface area contributed by atoms with Crippen LogP contribution in [0.2, 0.25) is 0 Å². The highest BCUT2D eigenvalue weighted by molar-refractivity contribution is 5.83. The topological polar surface area (TPSA) is 68.0 Å². The summed E-state index contributed by atoms with van der Waals surface area (Å²) in [6, 6.07) is 15.7. The highest BCUT2D eigenvalue weighted by Crippen LogP contribution is 2.42. The number of aromatic hydroxyl groups is 1. The maximum Gasteiger partial charge on any atom is 0.200 e. The fourth-order valence-corrected chi connectivity index (χ4v) is 3.67. The van der Waals surface area contributed by atoms with Gasteiger partial charge in [-0.3, -0.25) is 4.40 Å². The molecule has 0 radical (unpaired) electrons. The lowest BCUT2D eigenvalue weighted by atomic mass is 10.1. The van der Waals surface area contributed by atoms with Crippen molar-refractivity contribution in [2.24, 2.45) is 0 Å². The van der Waals surface area contributed by atoms with Crippen LogP contribution < -0.4 is 14.8 Å². The lowest BCUT2D eigenvalue weighted by Crippen LogP contribution is -2.02.